The average molecular weight is 249 g/mol. The molecule has 0 unspecified atom stereocenters. The minimum absolute atomic E-state index is 0.0503. The molecule has 0 aliphatic heterocycles. The molecule has 0 atom stereocenters. The van der Waals surface area contributed by atoms with Crippen LogP contribution in [0.3, 0.4) is 0 Å². The summed E-state index contributed by atoms with van der Waals surface area (Å²) in [6, 6.07) is 4.16. The Morgan fingerprint density at radius 1 is 1.47 bits per heavy atom. The van der Waals surface area contributed by atoms with Gasteiger partial charge in [0.25, 0.3) is 0 Å². The highest BCUT2D eigenvalue weighted by Gasteiger charge is 2.28. The molecule has 2 rings (SSSR count). The van der Waals surface area contributed by atoms with E-state index in [1.165, 1.54) is 4.88 Å². The quantitative estimate of drug-likeness (QED) is 0.905. The Morgan fingerprint density at radius 3 is 2.71 bits per heavy atom. The predicted molar refractivity (Wildman–Crippen MR) is 74.3 cm³/mol. The Hall–Kier alpha value is -1.29. The Bertz CT molecular complexity index is 509. The van der Waals surface area contributed by atoms with Crippen LogP contribution in [-0.2, 0) is 12.5 Å². The van der Waals surface area contributed by atoms with Gasteiger partial charge < -0.3 is 5.73 Å². The summed E-state index contributed by atoms with van der Waals surface area (Å²) < 4.78 is 1.78. The zero-order valence-corrected chi connectivity index (χ0v) is 11.6. The van der Waals surface area contributed by atoms with Gasteiger partial charge in [-0.15, -0.1) is 11.3 Å². The van der Waals surface area contributed by atoms with Crippen molar-refractivity contribution in [1.29, 1.82) is 0 Å². The molecule has 0 aliphatic rings. The van der Waals surface area contributed by atoms with E-state index in [0.717, 1.165) is 23.5 Å². The van der Waals surface area contributed by atoms with Crippen molar-refractivity contribution in [3.05, 3.63) is 23.2 Å². The van der Waals surface area contributed by atoms with Gasteiger partial charge in [0.2, 0.25) is 0 Å². The smallest absolute Gasteiger partial charge is 0.130 e. The molecule has 0 saturated carbocycles. The van der Waals surface area contributed by atoms with Crippen molar-refractivity contribution in [2.24, 2.45) is 7.05 Å². The monoisotopic (exact) mass is 249 g/mol. The lowest BCUT2D eigenvalue weighted by atomic mass is 9.84. The molecule has 4 heteroatoms. The fourth-order valence-corrected chi connectivity index (χ4v) is 2.62. The van der Waals surface area contributed by atoms with Gasteiger partial charge >= 0.3 is 0 Å². The summed E-state index contributed by atoms with van der Waals surface area (Å²) in [5.74, 6) is 0.754. The first-order valence-electron chi connectivity index (χ1n) is 5.84. The normalized spacial score (nSPS) is 12.0. The van der Waals surface area contributed by atoms with E-state index in [2.05, 4.69) is 43.4 Å². The number of aromatic nitrogens is 2. The van der Waals surface area contributed by atoms with E-state index >= 15 is 0 Å². The molecule has 0 radical (unpaired) electrons. The van der Waals surface area contributed by atoms with Gasteiger partial charge in [-0.3, -0.25) is 4.68 Å². The number of hydrogen-bond donors (Lipinski definition) is 1. The fourth-order valence-electron chi connectivity index (χ4n) is 1.84. The first kappa shape index (κ1) is 12.2. The number of thiophene rings is 1. The van der Waals surface area contributed by atoms with Crippen molar-refractivity contribution in [3.8, 4) is 10.4 Å². The molecule has 0 aromatic carbocycles. The van der Waals surface area contributed by atoms with Crippen molar-refractivity contribution in [3.63, 3.8) is 0 Å². The van der Waals surface area contributed by atoms with Crippen LogP contribution in [0.25, 0.3) is 10.4 Å². The van der Waals surface area contributed by atoms with E-state index in [-0.39, 0.29) is 5.41 Å². The molecule has 17 heavy (non-hydrogen) atoms. The third kappa shape index (κ3) is 1.97. The van der Waals surface area contributed by atoms with E-state index in [4.69, 9.17) is 5.73 Å². The van der Waals surface area contributed by atoms with Crippen molar-refractivity contribution in [2.75, 3.05) is 5.73 Å². The van der Waals surface area contributed by atoms with Crippen molar-refractivity contribution >= 4 is 17.2 Å². The van der Waals surface area contributed by atoms with E-state index in [1.807, 2.05) is 7.05 Å². The van der Waals surface area contributed by atoms with E-state index in [1.54, 1.807) is 16.0 Å². The molecule has 2 aromatic rings. The second-order valence-electron chi connectivity index (χ2n) is 4.95. The average Bonchev–Trinajstić information content (AvgIpc) is 2.89. The van der Waals surface area contributed by atoms with Crippen LogP contribution in [0, 0.1) is 0 Å². The van der Waals surface area contributed by atoms with E-state index < -0.39 is 0 Å². The maximum Gasteiger partial charge on any atom is 0.130 e. The van der Waals surface area contributed by atoms with Crippen molar-refractivity contribution in [2.45, 2.75) is 32.6 Å². The number of nitrogens with zero attached hydrogens (tertiary/aromatic N) is 2. The van der Waals surface area contributed by atoms with Gasteiger partial charge in [-0.05, 0) is 17.9 Å². The molecule has 2 heterocycles. The Morgan fingerprint density at radius 2 is 2.18 bits per heavy atom. The second kappa shape index (κ2) is 4.18. The Balaban J connectivity index is 2.65. The number of nitrogen functional groups attached to an aromatic ring is 1. The maximum absolute atomic E-state index is 6.15. The van der Waals surface area contributed by atoms with Crippen LogP contribution in [0.5, 0.6) is 0 Å². The number of aryl methyl sites for hydroxylation is 1. The summed E-state index contributed by atoms with van der Waals surface area (Å²) in [5, 5.41) is 6.68. The third-order valence-corrected chi connectivity index (χ3v) is 4.27. The Kier molecular flexibility index (Phi) is 3.00. The van der Waals surface area contributed by atoms with E-state index in [0.29, 0.717) is 0 Å². The first-order chi connectivity index (χ1) is 7.97. The van der Waals surface area contributed by atoms with Gasteiger partial charge in [0.05, 0.1) is 11.3 Å². The van der Waals surface area contributed by atoms with Gasteiger partial charge in [0.15, 0.2) is 0 Å². The number of rotatable bonds is 3. The zero-order chi connectivity index (χ0) is 12.6. The molecule has 2 aromatic heterocycles. The molecule has 0 saturated heterocycles. The lowest BCUT2D eigenvalue weighted by Crippen LogP contribution is -2.17. The number of hydrogen-bond acceptors (Lipinski definition) is 3. The summed E-state index contributed by atoms with van der Waals surface area (Å²) in [4.78, 5) is 1.20. The van der Waals surface area contributed by atoms with Gasteiger partial charge in [0, 0.05) is 17.3 Å². The Labute approximate surface area is 106 Å². The second-order valence-corrected chi connectivity index (χ2v) is 5.89. The van der Waals surface area contributed by atoms with Crippen LogP contribution >= 0.6 is 11.3 Å². The zero-order valence-electron chi connectivity index (χ0n) is 10.8. The lowest BCUT2D eigenvalue weighted by molar-refractivity contribution is 0.483. The van der Waals surface area contributed by atoms with Crippen molar-refractivity contribution < 1.29 is 0 Å². The maximum atomic E-state index is 6.15. The highest BCUT2D eigenvalue weighted by Crippen LogP contribution is 2.39. The van der Waals surface area contributed by atoms with Crippen LogP contribution in [0.4, 0.5) is 5.82 Å². The molecule has 0 bridgehead atoms. The molecule has 92 valence electrons. The van der Waals surface area contributed by atoms with Gasteiger partial charge in [-0.2, -0.15) is 5.10 Å². The topological polar surface area (TPSA) is 43.8 Å². The number of anilines is 1. The van der Waals surface area contributed by atoms with E-state index in [9.17, 15) is 0 Å². The minimum atomic E-state index is 0.0503. The molecule has 0 fully saturated rings. The standard InChI is InChI=1S/C13H19N3S/c1-5-13(2,3)11-10(9-7-6-8-17-9)12(14)16(4)15-11/h6-8H,5,14H2,1-4H3. The third-order valence-electron chi connectivity index (χ3n) is 3.38. The molecular weight excluding hydrogens is 230 g/mol. The van der Waals surface area contributed by atoms with Crippen LogP contribution in [-0.4, -0.2) is 9.78 Å². The molecule has 0 spiro atoms. The molecular formula is C13H19N3S. The SMILES string of the molecule is CCC(C)(C)c1nn(C)c(N)c1-c1cccs1. The van der Waals surface area contributed by atoms with Crippen molar-refractivity contribution in [1.82, 2.24) is 9.78 Å². The first-order valence-corrected chi connectivity index (χ1v) is 6.72. The molecule has 3 nitrogen and oxygen atoms in total. The number of nitrogens with two attached hydrogens (primary N) is 1. The summed E-state index contributed by atoms with van der Waals surface area (Å²) >= 11 is 1.71. The molecule has 0 aliphatic carbocycles. The predicted octanol–water partition coefficient (Wildman–Crippen LogP) is 3.42. The minimum Gasteiger partial charge on any atom is -0.383 e. The van der Waals surface area contributed by atoms with Gasteiger partial charge in [-0.1, -0.05) is 26.8 Å². The lowest BCUT2D eigenvalue weighted by Gasteiger charge is -2.21. The molecule has 2 N–H and O–H groups in total. The van der Waals surface area contributed by atoms with Crippen LogP contribution in [0.1, 0.15) is 32.9 Å². The van der Waals surface area contributed by atoms with Crippen LogP contribution in [0.2, 0.25) is 0 Å². The van der Waals surface area contributed by atoms with Crippen LogP contribution < -0.4 is 5.73 Å². The summed E-state index contributed by atoms with van der Waals surface area (Å²) in [5.41, 5.74) is 8.41. The fraction of sp³-hybridized carbons (Fsp3) is 0.462. The highest BCUT2D eigenvalue weighted by molar-refractivity contribution is 7.13. The summed E-state index contributed by atoms with van der Waals surface area (Å²) in [6.45, 7) is 6.61. The summed E-state index contributed by atoms with van der Waals surface area (Å²) in [7, 11) is 1.90. The summed E-state index contributed by atoms with van der Waals surface area (Å²) in [6.07, 6.45) is 1.04. The van der Waals surface area contributed by atoms with Crippen LogP contribution in [0.15, 0.2) is 17.5 Å². The molecule has 0 amide bonds. The van der Waals surface area contributed by atoms with Gasteiger partial charge in [0.1, 0.15) is 5.82 Å². The largest absolute Gasteiger partial charge is 0.383 e. The van der Waals surface area contributed by atoms with Gasteiger partial charge in [-0.25, -0.2) is 0 Å². The highest BCUT2D eigenvalue weighted by atomic mass is 32.1.